The van der Waals surface area contributed by atoms with Gasteiger partial charge >= 0.3 is 0 Å². The molecule has 0 aromatic heterocycles. The van der Waals surface area contributed by atoms with Gasteiger partial charge in [-0.2, -0.15) is 0 Å². The second-order valence-electron chi connectivity index (χ2n) is 6.04. The van der Waals surface area contributed by atoms with E-state index in [4.69, 9.17) is 0 Å². The first-order chi connectivity index (χ1) is 11.9. The number of halogens is 1. The summed E-state index contributed by atoms with van der Waals surface area (Å²) in [5.41, 5.74) is 1.29. The highest BCUT2D eigenvalue weighted by atomic mass is 32.2. The third-order valence-electron chi connectivity index (χ3n) is 4.19. The highest BCUT2D eigenvalue weighted by Gasteiger charge is 2.28. The maximum atomic E-state index is 13.8. The predicted molar refractivity (Wildman–Crippen MR) is 94.4 cm³/mol. The number of sulfonamides is 1. The molecule has 5 nitrogen and oxygen atoms in total. The highest BCUT2D eigenvalue weighted by Crippen LogP contribution is 2.25. The van der Waals surface area contributed by atoms with E-state index < -0.39 is 10.0 Å². The summed E-state index contributed by atoms with van der Waals surface area (Å²) in [6, 6.07) is 12.8. The van der Waals surface area contributed by atoms with E-state index >= 15 is 0 Å². The van der Waals surface area contributed by atoms with Crippen LogP contribution in [0.1, 0.15) is 22.3 Å². The van der Waals surface area contributed by atoms with Crippen molar-refractivity contribution in [3.63, 3.8) is 0 Å². The number of hydrogen-bond acceptors (Lipinski definition) is 3. The number of rotatable bonds is 4. The molecule has 0 N–H and O–H groups in total. The van der Waals surface area contributed by atoms with E-state index in [1.165, 1.54) is 15.3 Å². The summed E-state index contributed by atoms with van der Waals surface area (Å²) in [5.74, 6) is -0.529. The minimum Gasteiger partial charge on any atom is -0.337 e. The zero-order valence-electron chi connectivity index (χ0n) is 13.9. The fraction of sp³-hybridized carbons (Fsp3) is 0.278. The molecule has 1 aliphatic heterocycles. The Kier molecular flexibility index (Phi) is 4.76. The number of nitrogens with zero attached hydrogens (tertiary/aromatic N) is 2. The summed E-state index contributed by atoms with van der Waals surface area (Å²) < 4.78 is 39.2. The van der Waals surface area contributed by atoms with Gasteiger partial charge < -0.3 is 4.90 Å². The smallest absolute Gasteiger partial charge is 0.253 e. The Morgan fingerprint density at radius 3 is 2.64 bits per heavy atom. The molecule has 3 rings (SSSR count). The molecule has 132 valence electrons. The van der Waals surface area contributed by atoms with Crippen molar-refractivity contribution >= 4 is 21.6 Å². The molecule has 0 spiro atoms. The van der Waals surface area contributed by atoms with E-state index in [1.54, 1.807) is 49.5 Å². The van der Waals surface area contributed by atoms with Gasteiger partial charge in [0, 0.05) is 31.3 Å². The largest absolute Gasteiger partial charge is 0.337 e. The van der Waals surface area contributed by atoms with Gasteiger partial charge in [-0.3, -0.25) is 9.10 Å². The number of carbonyl (C=O) groups is 1. The van der Waals surface area contributed by atoms with Crippen LogP contribution < -0.4 is 4.31 Å². The third-order valence-corrected chi connectivity index (χ3v) is 6.06. The monoisotopic (exact) mass is 362 g/mol. The van der Waals surface area contributed by atoms with Crippen LogP contribution in [0.15, 0.2) is 48.5 Å². The van der Waals surface area contributed by atoms with Gasteiger partial charge in [0.15, 0.2) is 0 Å². The normalized spacial score (nSPS) is 16.0. The Morgan fingerprint density at radius 1 is 1.20 bits per heavy atom. The molecule has 25 heavy (non-hydrogen) atoms. The van der Waals surface area contributed by atoms with Crippen LogP contribution in [0.2, 0.25) is 0 Å². The molecule has 0 aliphatic carbocycles. The van der Waals surface area contributed by atoms with E-state index in [0.29, 0.717) is 29.8 Å². The second-order valence-corrected chi connectivity index (χ2v) is 8.06. The summed E-state index contributed by atoms with van der Waals surface area (Å²) in [6.45, 7) is 0.558. The summed E-state index contributed by atoms with van der Waals surface area (Å²) >= 11 is 0. The van der Waals surface area contributed by atoms with Crippen molar-refractivity contribution in [2.24, 2.45) is 0 Å². The van der Waals surface area contributed by atoms with Crippen LogP contribution in [-0.4, -0.2) is 38.6 Å². The van der Waals surface area contributed by atoms with Gasteiger partial charge in [-0.15, -0.1) is 0 Å². The van der Waals surface area contributed by atoms with Crippen LogP contribution in [-0.2, 0) is 16.6 Å². The lowest BCUT2D eigenvalue weighted by atomic mass is 10.1. The van der Waals surface area contributed by atoms with Crippen LogP contribution in [0.4, 0.5) is 10.1 Å². The molecule has 0 bridgehead atoms. The van der Waals surface area contributed by atoms with Gasteiger partial charge in [0.1, 0.15) is 5.82 Å². The fourth-order valence-electron chi connectivity index (χ4n) is 2.90. The lowest BCUT2D eigenvalue weighted by Crippen LogP contribution is -2.28. The number of benzene rings is 2. The van der Waals surface area contributed by atoms with Gasteiger partial charge in [-0.1, -0.05) is 24.3 Å². The quantitative estimate of drug-likeness (QED) is 0.840. The van der Waals surface area contributed by atoms with Gasteiger partial charge in [-0.05, 0) is 30.7 Å². The molecule has 2 aromatic rings. The predicted octanol–water partition coefficient (Wildman–Crippen LogP) is 2.64. The van der Waals surface area contributed by atoms with Gasteiger partial charge in [0.05, 0.1) is 11.4 Å². The van der Waals surface area contributed by atoms with Crippen LogP contribution in [0.25, 0.3) is 0 Å². The van der Waals surface area contributed by atoms with Crippen molar-refractivity contribution in [3.05, 3.63) is 65.5 Å². The molecule has 0 unspecified atom stereocenters. The number of carbonyl (C=O) groups excluding carboxylic acids is 1. The lowest BCUT2D eigenvalue weighted by Gasteiger charge is -2.20. The molecule has 0 saturated carbocycles. The molecule has 1 heterocycles. The van der Waals surface area contributed by atoms with E-state index in [1.807, 2.05) is 0 Å². The second kappa shape index (κ2) is 6.84. The lowest BCUT2D eigenvalue weighted by molar-refractivity contribution is 0.0784. The Bertz CT molecular complexity index is 899. The Morgan fingerprint density at radius 2 is 1.96 bits per heavy atom. The third kappa shape index (κ3) is 3.66. The van der Waals surface area contributed by atoms with Crippen molar-refractivity contribution in [3.8, 4) is 0 Å². The fourth-order valence-corrected chi connectivity index (χ4v) is 4.45. The number of amides is 1. The maximum absolute atomic E-state index is 13.8. The van der Waals surface area contributed by atoms with Gasteiger partial charge in [0.25, 0.3) is 5.91 Å². The maximum Gasteiger partial charge on any atom is 0.253 e. The highest BCUT2D eigenvalue weighted by molar-refractivity contribution is 7.93. The molecule has 2 aromatic carbocycles. The van der Waals surface area contributed by atoms with Crippen molar-refractivity contribution in [1.82, 2.24) is 4.90 Å². The number of anilines is 1. The molecule has 0 radical (unpaired) electrons. The standard InChI is InChI=1S/C18H19FN2O3S/c1-20(13-15-6-2-3-9-17(15)19)18(22)14-7-4-8-16(12-14)21-10-5-11-25(21,23)24/h2-4,6-9,12H,5,10-11,13H2,1H3. The van der Waals surface area contributed by atoms with Crippen LogP contribution in [0.5, 0.6) is 0 Å². The Balaban J connectivity index is 1.81. The van der Waals surface area contributed by atoms with E-state index in [-0.39, 0.29) is 24.0 Å². The molecular weight excluding hydrogens is 343 g/mol. The Hall–Kier alpha value is -2.41. The van der Waals surface area contributed by atoms with E-state index in [2.05, 4.69) is 0 Å². The molecule has 1 aliphatic rings. The van der Waals surface area contributed by atoms with Crippen molar-refractivity contribution in [2.45, 2.75) is 13.0 Å². The summed E-state index contributed by atoms with van der Waals surface area (Å²) in [6.07, 6.45) is 0.577. The molecule has 0 atom stereocenters. The minimum absolute atomic E-state index is 0.123. The zero-order valence-corrected chi connectivity index (χ0v) is 14.7. The molecule has 7 heteroatoms. The average Bonchev–Trinajstić information content (AvgIpc) is 2.95. The van der Waals surface area contributed by atoms with Crippen LogP contribution >= 0.6 is 0 Å². The first-order valence-corrected chi connectivity index (χ1v) is 9.59. The first-order valence-electron chi connectivity index (χ1n) is 7.98. The molecule has 1 amide bonds. The van der Waals surface area contributed by atoms with Gasteiger partial charge in [0.2, 0.25) is 10.0 Å². The van der Waals surface area contributed by atoms with Crippen LogP contribution in [0, 0.1) is 5.82 Å². The van der Waals surface area contributed by atoms with Crippen molar-refractivity contribution in [1.29, 1.82) is 0 Å². The SMILES string of the molecule is CN(Cc1ccccc1F)C(=O)c1cccc(N2CCCS2(=O)=O)c1. The van der Waals surface area contributed by atoms with Gasteiger partial charge in [-0.25, -0.2) is 12.8 Å². The van der Waals surface area contributed by atoms with E-state index in [0.717, 1.165) is 0 Å². The minimum atomic E-state index is -3.30. The molecular formula is C18H19FN2O3S. The van der Waals surface area contributed by atoms with Crippen molar-refractivity contribution < 1.29 is 17.6 Å². The number of hydrogen-bond donors (Lipinski definition) is 0. The summed E-state index contributed by atoms with van der Waals surface area (Å²) in [4.78, 5) is 14.0. The van der Waals surface area contributed by atoms with E-state index in [9.17, 15) is 17.6 Å². The summed E-state index contributed by atoms with van der Waals surface area (Å²) in [7, 11) is -1.71. The Labute approximate surface area is 146 Å². The average molecular weight is 362 g/mol. The first kappa shape index (κ1) is 17.4. The topological polar surface area (TPSA) is 57.7 Å². The zero-order chi connectivity index (χ0) is 18.0. The summed E-state index contributed by atoms with van der Waals surface area (Å²) in [5, 5.41) is 0. The van der Waals surface area contributed by atoms with Crippen molar-refractivity contribution in [2.75, 3.05) is 23.7 Å². The molecule has 1 saturated heterocycles. The van der Waals surface area contributed by atoms with Crippen LogP contribution in [0.3, 0.4) is 0 Å². The molecule has 1 fully saturated rings.